The molecule has 0 fully saturated rings. The summed E-state index contributed by atoms with van der Waals surface area (Å²) in [7, 11) is 5.50. The Hall–Kier alpha value is -3.61. The first-order chi connectivity index (χ1) is 13.9. The average Bonchev–Trinajstić information content (AvgIpc) is 2.69. The normalized spacial score (nSPS) is 10.3. The van der Waals surface area contributed by atoms with Crippen LogP contribution in [-0.2, 0) is 11.2 Å². The number of ether oxygens (including phenoxy) is 1. The minimum Gasteiger partial charge on any atom is -0.497 e. The predicted octanol–water partition coefficient (Wildman–Crippen LogP) is 3.78. The minimum absolute atomic E-state index is 0.0714. The second-order valence-corrected chi connectivity index (χ2v) is 6.83. The van der Waals surface area contributed by atoms with Crippen LogP contribution in [0.25, 0.3) is 0 Å². The maximum atomic E-state index is 12.3. The highest BCUT2D eigenvalue weighted by Gasteiger charge is 2.06. The number of aromatic nitrogens is 2. The fourth-order valence-corrected chi connectivity index (χ4v) is 2.76. The average molecular weight is 391 g/mol. The number of benzene rings is 2. The van der Waals surface area contributed by atoms with E-state index in [1.165, 1.54) is 0 Å². The number of hydrogen-bond acceptors (Lipinski definition) is 6. The lowest BCUT2D eigenvalue weighted by Crippen LogP contribution is -2.14. The van der Waals surface area contributed by atoms with Gasteiger partial charge in [-0.05, 0) is 48.9 Å². The highest BCUT2D eigenvalue weighted by Crippen LogP contribution is 2.21. The van der Waals surface area contributed by atoms with Gasteiger partial charge in [0.25, 0.3) is 0 Å². The lowest BCUT2D eigenvalue weighted by molar-refractivity contribution is -0.115. The van der Waals surface area contributed by atoms with Crippen LogP contribution in [0.1, 0.15) is 11.4 Å². The zero-order valence-corrected chi connectivity index (χ0v) is 17.1. The molecule has 2 N–H and O–H groups in total. The lowest BCUT2D eigenvalue weighted by atomic mass is 10.1. The van der Waals surface area contributed by atoms with E-state index in [0.29, 0.717) is 12.2 Å². The first kappa shape index (κ1) is 20.1. The molecule has 7 heteroatoms. The van der Waals surface area contributed by atoms with Gasteiger partial charge in [-0.3, -0.25) is 4.79 Å². The number of carbonyl (C=O) groups is 1. The van der Waals surface area contributed by atoms with Gasteiger partial charge >= 0.3 is 0 Å². The summed E-state index contributed by atoms with van der Waals surface area (Å²) in [6.07, 6.45) is 0.303. The van der Waals surface area contributed by atoms with Gasteiger partial charge in [-0.2, -0.15) is 0 Å². The van der Waals surface area contributed by atoms with Gasteiger partial charge in [0.15, 0.2) is 0 Å². The Bertz CT molecular complexity index is 969. The van der Waals surface area contributed by atoms with E-state index in [1.807, 2.05) is 80.5 Å². The molecular weight excluding hydrogens is 366 g/mol. The van der Waals surface area contributed by atoms with Crippen molar-refractivity contribution < 1.29 is 9.53 Å². The lowest BCUT2D eigenvalue weighted by Gasteiger charge is -2.14. The van der Waals surface area contributed by atoms with Crippen LogP contribution in [-0.4, -0.2) is 37.1 Å². The first-order valence-electron chi connectivity index (χ1n) is 9.26. The zero-order valence-electron chi connectivity index (χ0n) is 17.1. The third-order valence-corrected chi connectivity index (χ3v) is 4.25. The predicted molar refractivity (Wildman–Crippen MR) is 116 cm³/mol. The smallest absolute Gasteiger partial charge is 0.228 e. The van der Waals surface area contributed by atoms with Crippen molar-refractivity contribution in [3.8, 4) is 5.75 Å². The van der Waals surface area contributed by atoms with E-state index in [4.69, 9.17) is 4.74 Å². The van der Waals surface area contributed by atoms with Crippen molar-refractivity contribution in [2.75, 3.05) is 36.7 Å². The van der Waals surface area contributed by atoms with Crippen LogP contribution < -0.4 is 20.3 Å². The summed E-state index contributed by atoms with van der Waals surface area (Å²) in [6.45, 7) is 1.86. The Morgan fingerprint density at radius 2 is 1.66 bits per heavy atom. The molecule has 7 nitrogen and oxygen atoms in total. The quantitative estimate of drug-likeness (QED) is 0.638. The molecule has 1 amide bonds. The molecule has 0 aliphatic carbocycles. The molecule has 0 aliphatic heterocycles. The number of aryl methyl sites for hydroxylation is 1. The van der Waals surface area contributed by atoms with Crippen LogP contribution in [0, 0.1) is 6.92 Å². The standard InChI is InChI=1S/C22H25N5O2/c1-15-23-20(14-21(24-15)27(2)3)25-17-7-9-18(10-8-17)26-22(28)13-16-5-11-19(29-4)12-6-16/h5-12,14H,13H2,1-4H3,(H,26,28)(H,23,24,25). The third-order valence-electron chi connectivity index (χ3n) is 4.25. The molecule has 0 bridgehead atoms. The maximum Gasteiger partial charge on any atom is 0.228 e. The van der Waals surface area contributed by atoms with Crippen molar-refractivity contribution >= 4 is 28.9 Å². The van der Waals surface area contributed by atoms with Crippen LogP contribution in [0.15, 0.2) is 54.6 Å². The number of rotatable bonds is 7. The topological polar surface area (TPSA) is 79.4 Å². The zero-order chi connectivity index (χ0) is 20.8. The SMILES string of the molecule is COc1ccc(CC(=O)Nc2ccc(Nc3cc(N(C)C)nc(C)n3)cc2)cc1. The Labute approximate surface area is 170 Å². The van der Waals surface area contributed by atoms with Crippen LogP contribution in [0.5, 0.6) is 5.75 Å². The van der Waals surface area contributed by atoms with Gasteiger partial charge in [-0.15, -0.1) is 0 Å². The third kappa shape index (κ3) is 5.68. The van der Waals surface area contributed by atoms with Crippen molar-refractivity contribution in [1.82, 2.24) is 9.97 Å². The van der Waals surface area contributed by atoms with Crippen molar-refractivity contribution in [3.63, 3.8) is 0 Å². The maximum absolute atomic E-state index is 12.3. The molecule has 3 aromatic rings. The summed E-state index contributed by atoms with van der Waals surface area (Å²) in [5.74, 6) is 2.95. The van der Waals surface area contributed by atoms with Gasteiger partial charge in [-0.1, -0.05) is 12.1 Å². The van der Waals surface area contributed by atoms with E-state index in [0.717, 1.165) is 34.3 Å². The molecule has 0 unspecified atom stereocenters. The second-order valence-electron chi connectivity index (χ2n) is 6.83. The van der Waals surface area contributed by atoms with Gasteiger partial charge in [0, 0.05) is 31.5 Å². The van der Waals surface area contributed by atoms with Crippen molar-refractivity contribution in [2.24, 2.45) is 0 Å². The van der Waals surface area contributed by atoms with E-state index in [9.17, 15) is 4.79 Å². The van der Waals surface area contributed by atoms with Crippen LogP contribution in [0.4, 0.5) is 23.0 Å². The Morgan fingerprint density at radius 1 is 1.00 bits per heavy atom. The van der Waals surface area contributed by atoms with E-state index in [-0.39, 0.29) is 5.91 Å². The molecule has 150 valence electrons. The fraction of sp³-hybridized carbons (Fsp3) is 0.227. The number of carbonyl (C=O) groups excluding carboxylic acids is 1. The fourth-order valence-electron chi connectivity index (χ4n) is 2.76. The van der Waals surface area contributed by atoms with E-state index < -0.39 is 0 Å². The number of methoxy groups -OCH3 is 1. The largest absolute Gasteiger partial charge is 0.497 e. The highest BCUT2D eigenvalue weighted by molar-refractivity contribution is 5.92. The summed E-state index contributed by atoms with van der Waals surface area (Å²) in [5, 5.41) is 6.18. The molecule has 0 saturated heterocycles. The summed E-state index contributed by atoms with van der Waals surface area (Å²) in [6, 6.07) is 16.9. The molecule has 1 aromatic heterocycles. The molecule has 0 spiro atoms. The molecule has 29 heavy (non-hydrogen) atoms. The number of nitrogens with zero attached hydrogens (tertiary/aromatic N) is 3. The molecule has 1 heterocycles. The molecule has 0 saturated carbocycles. The summed E-state index contributed by atoms with van der Waals surface area (Å²) < 4.78 is 5.13. The van der Waals surface area contributed by atoms with Crippen molar-refractivity contribution in [2.45, 2.75) is 13.3 Å². The number of nitrogens with one attached hydrogen (secondary N) is 2. The first-order valence-corrected chi connectivity index (χ1v) is 9.26. The van der Waals surface area contributed by atoms with Crippen molar-refractivity contribution in [3.05, 3.63) is 66.0 Å². The summed E-state index contributed by atoms with van der Waals surface area (Å²) >= 11 is 0. The Kier molecular flexibility index (Phi) is 6.29. The van der Waals surface area contributed by atoms with Crippen LogP contribution in [0.2, 0.25) is 0 Å². The molecule has 2 aromatic carbocycles. The van der Waals surface area contributed by atoms with Gasteiger partial charge < -0.3 is 20.3 Å². The number of amides is 1. The van der Waals surface area contributed by atoms with E-state index in [2.05, 4.69) is 20.6 Å². The van der Waals surface area contributed by atoms with E-state index >= 15 is 0 Å². The summed E-state index contributed by atoms with van der Waals surface area (Å²) in [4.78, 5) is 23.0. The van der Waals surface area contributed by atoms with Gasteiger partial charge in [-0.25, -0.2) is 9.97 Å². The van der Waals surface area contributed by atoms with E-state index in [1.54, 1.807) is 7.11 Å². The van der Waals surface area contributed by atoms with Crippen LogP contribution >= 0.6 is 0 Å². The monoisotopic (exact) mass is 391 g/mol. The summed E-state index contributed by atoms with van der Waals surface area (Å²) in [5.41, 5.74) is 2.54. The Balaban J connectivity index is 1.60. The highest BCUT2D eigenvalue weighted by atomic mass is 16.5. The second kappa shape index (κ2) is 9.05. The number of anilines is 4. The minimum atomic E-state index is -0.0714. The molecular formula is C22H25N5O2. The Morgan fingerprint density at radius 3 is 2.28 bits per heavy atom. The van der Waals surface area contributed by atoms with Gasteiger partial charge in [0.05, 0.1) is 13.5 Å². The molecule has 3 rings (SSSR count). The van der Waals surface area contributed by atoms with Crippen molar-refractivity contribution in [1.29, 1.82) is 0 Å². The molecule has 0 atom stereocenters. The molecule has 0 radical (unpaired) electrons. The van der Waals surface area contributed by atoms with Gasteiger partial charge in [0.2, 0.25) is 5.91 Å². The molecule has 0 aliphatic rings. The van der Waals surface area contributed by atoms with Crippen LogP contribution in [0.3, 0.4) is 0 Å². The van der Waals surface area contributed by atoms with Gasteiger partial charge in [0.1, 0.15) is 23.2 Å². The number of hydrogen-bond donors (Lipinski definition) is 2.